The van der Waals surface area contributed by atoms with Crippen LogP contribution in [0.2, 0.25) is 5.02 Å². The quantitative estimate of drug-likeness (QED) is 0.651. The van der Waals surface area contributed by atoms with E-state index in [1.165, 1.54) is 5.56 Å². The van der Waals surface area contributed by atoms with E-state index in [0.717, 1.165) is 17.7 Å². The van der Waals surface area contributed by atoms with Gasteiger partial charge in [-0.2, -0.15) is 0 Å². The Morgan fingerprint density at radius 1 is 1.17 bits per heavy atom. The summed E-state index contributed by atoms with van der Waals surface area (Å²) in [5.41, 5.74) is 2.00. The zero-order valence-electron chi connectivity index (χ0n) is 13.8. The monoisotopic (exact) mass is 349 g/mol. The number of aliphatic hydroxyl groups excluding tert-OH is 2. The number of nitrogens with one attached hydrogen (secondary N) is 1. The van der Waals surface area contributed by atoms with Crippen molar-refractivity contribution in [2.45, 2.75) is 25.5 Å². The molecule has 0 bridgehead atoms. The molecule has 2 rings (SSSR count). The van der Waals surface area contributed by atoms with Crippen LogP contribution in [0.3, 0.4) is 0 Å². The maximum atomic E-state index is 10.2. The van der Waals surface area contributed by atoms with E-state index in [0.29, 0.717) is 18.2 Å². The van der Waals surface area contributed by atoms with Crippen LogP contribution in [0, 0.1) is 0 Å². The molecule has 0 aliphatic heterocycles. The number of hydrogen-bond acceptors (Lipinski definition) is 4. The first-order chi connectivity index (χ1) is 11.6. The van der Waals surface area contributed by atoms with Crippen LogP contribution >= 0.6 is 11.6 Å². The van der Waals surface area contributed by atoms with Crippen LogP contribution in [0.4, 0.5) is 0 Å². The van der Waals surface area contributed by atoms with Crippen molar-refractivity contribution in [2.24, 2.45) is 0 Å². The highest BCUT2D eigenvalue weighted by Crippen LogP contribution is 2.17. The van der Waals surface area contributed by atoms with Crippen molar-refractivity contribution < 1.29 is 14.9 Å². The normalized spacial score (nSPS) is 13.5. The SMILES string of the molecule is CC(Cc1ccc(OCCO)cc1)NC[C@H](O)c1cccc(Cl)c1. The summed E-state index contributed by atoms with van der Waals surface area (Å²) in [6.45, 7) is 2.87. The highest BCUT2D eigenvalue weighted by Gasteiger charge is 2.10. The summed E-state index contributed by atoms with van der Waals surface area (Å²) in [6.07, 6.45) is 0.267. The summed E-state index contributed by atoms with van der Waals surface area (Å²) in [4.78, 5) is 0. The number of aliphatic hydroxyl groups is 2. The van der Waals surface area contributed by atoms with Gasteiger partial charge in [-0.3, -0.25) is 0 Å². The summed E-state index contributed by atoms with van der Waals surface area (Å²) in [5.74, 6) is 0.754. The topological polar surface area (TPSA) is 61.7 Å². The first-order valence-electron chi connectivity index (χ1n) is 8.08. The third kappa shape index (κ3) is 6.13. The molecule has 0 heterocycles. The highest BCUT2D eigenvalue weighted by atomic mass is 35.5. The molecule has 0 radical (unpaired) electrons. The van der Waals surface area contributed by atoms with Gasteiger partial charge in [0.1, 0.15) is 12.4 Å². The van der Waals surface area contributed by atoms with Gasteiger partial charge in [-0.25, -0.2) is 0 Å². The number of benzene rings is 2. The molecule has 0 spiro atoms. The van der Waals surface area contributed by atoms with Crippen molar-refractivity contribution in [1.29, 1.82) is 0 Å². The molecule has 2 atom stereocenters. The Labute approximate surface area is 148 Å². The lowest BCUT2D eigenvalue weighted by molar-refractivity contribution is 0.170. The van der Waals surface area contributed by atoms with Gasteiger partial charge in [0.05, 0.1) is 12.7 Å². The van der Waals surface area contributed by atoms with Gasteiger partial charge in [-0.05, 0) is 48.7 Å². The molecule has 0 saturated carbocycles. The predicted octanol–water partition coefficient (Wildman–Crippen LogP) is 2.97. The Bertz CT molecular complexity index is 618. The molecular weight excluding hydrogens is 326 g/mol. The Balaban J connectivity index is 1.79. The summed E-state index contributed by atoms with van der Waals surface area (Å²) in [6, 6.07) is 15.3. The molecule has 4 nitrogen and oxygen atoms in total. The van der Waals surface area contributed by atoms with Crippen molar-refractivity contribution in [2.75, 3.05) is 19.8 Å². The van der Waals surface area contributed by atoms with Crippen molar-refractivity contribution >= 4 is 11.6 Å². The van der Waals surface area contributed by atoms with Crippen LogP contribution in [0.25, 0.3) is 0 Å². The van der Waals surface area contributed by atoms with E-state index < -0.39 is 6.10 Å². The van der Waals surface area contributed by atoms with Gasteiger partial charge in [0.2, 0.25) is 0 Å². The van der Waals surface area contributed by atoms with E-state index >= 15 is 0 Å². The average molecular weight is 350 g/mol. The van der Waals surface area contributed by atoms with E-state index in [2.05, 4.69) is 12.2 Å². The number of halogens is 1. The van der Waals surface area contributed by atoms with Gasteiger partial charge in [-0.15, -0.1) is 0 Å². The summed E-state index contributed by atoms with van der Waals surface area (Å²) in [7, 11) is 0. The second-order valence-electron chi connectivity index (χ2n) is 5.80. The Morgan fingerprint density at radius 2 is 1.92 bits per heavy atom. The zero-order valence-corrected chi connectivity index (χ0v) is 14.5. The van der Waals surface area contributed by atoms with Gasteiger partial charge in [-0.1, -0.05) is 35.9 Å². The van der Waals surface area contributed by atoms with Crippen molar-refractivity contribution in [1.82, 2.24) is 5.32 Å². The van der Waals surface area contributed by atoms with Crippen LogP contribution in [-0.4, -0.2) is 36.0 Å². The van der Waals surface area contributed by atoms with Gasteiger partial charge in [0.25, 0.3) is 0 Å². The van der Waals surface area contributed by atoms with Crippen molar-refractivity contribution in [3.63, 3.8) is 0 Å². The summed E-state index contributed by atoms with van der Waals surface area (Å²) < 4.78 is 5.34. The van der Waals surface area contributed by atoms with E-state index in [9.17, 15) is 5.11 Å². The summed E-state index contributed by atoms with van der Waals surface area (Å²) >= 11 is 5.95. The lowest BCUT2D eigenvalue weighted by Gasteiger charge is -2.18. The van der Waals surface area contributed by atoms with E-state index in [-0.39, 0.29) is 12.6 Å². The van der Waals surface area contributed by atoms with Gasteiger partial charge in [0, 0.05) is 17.6 Å². The largest absolute Gasteiger partial charge is 0.491 e. The molecule has 0 aliphatic carbocycles. The van der Waals surface area contributed by atoms with Crippen molar-refractivity contribution in [3.05, 3.63) is 64.7 Å². The molecule has 0 saturated heterocycles. The number of rotatable bonds is 9. The molecule has 0 aliphatic rings. The van der Waals surface area contributed by atoms with Crippen LogP contribution in [0.5, 0.6) is 5.75 Å². The van der Waals surface area contributed by atoms with Crippen molar-refractivity contribution in [3.8, 4) is 5.75 Å². The molecule has 24 heavy (non-hydrogen) atoms. The van der Waals surface area contributed by atoms with Gasteiger partial charge in [0.15, 0.2) is 0 Å². The van der Waals surface area contributed by atoms with E-state index in [1.807, 2.05) is 36.4 Å². The number of ether oxygens (including phenoxy) is 1. The van der Waals surface area contributed by atoms with Crippen LogP contribution in [-0.2, 0) is 6.42 Å². The molecule has 0 amide bonds. The third-order valence-electron chi connectivity index (χ3n) is 3.72. The molecule has 0 fully saturated rings. The number of hydrogen-bond donors (Lipinski definition) is 3. The molecule has 2 aromatic carbocycles. The molecule has 2 aromatic rings. The second-order valence-corrected chi connectivity index (χ2v) is 6.24. The lowest BCUT2D eigenvalue weighted by atomic mass is 10.1. The smallest absolute Gasteiger partial charge is 0.119 e. The minimum absolute atomic E-state index is 0.0116. The molecule has 130 valence electrons. The standard InChI is InChI=1S/C19H24ClNO3/c1-14(11-15-5-7-18(8-6-15)24-10-9-22)21-13-19(23)16-3-2-4-17(20)12-16/h2-8,12,14,19,21-23H,9-11,13H2,1H3/t14?,19-/m0/s1. The summed E-state index contributed by atoms with van der Waals surface area (Å²) in [5, 5.41) is 22.9. The molecular formula is C19H24ClNO3. The Hall–Kier alpha value is -1.59. The van der Waals surface area contributed by atoms with Gasteiger partial charge >= 0.3 is 0 Å². The Kier molecular flexibility index (Phi) is 7.53. The molecule has 5 heteroatoms. The van der Waals surface area contributed by atoms with Crippen LogP contribution in [0.1, 0.15) is 24.2 Å². The predicted molar refractivity (Wildman–Crippen MR) is 96.6 cm³/mol. The highest BCUT2D eigenvalue weighted by molar-refractivity contribution is 6.30. The first-order valence-corrected chi connectivity index (χ1v) is 8.46. The molecule has 0 aromatic heterocycles. The van der Waals surface area contributed by atoms with Gasteiger partial charge < -0.3 is 20.3 Å². The second kappa shape index (κ2) is 9.64. The van der Waals surface area contributed by atoms with E-state index in [1.54, 1.807) is 12.1 Å². The fourth-order valence-corrected chi connectivity index (χ4v) is 2.65. The minimum Gasteiger partial charge on any atom is -0.491 e. The zero-order chi connectivity index (χ0) is 17.4. The minimum atomic E-state index is -0.583. The maximum Gasteiger partial charge on any atom is 0.119 e. The fraction of sp³-hybridized carbons (Fsp3) is 0.368. The lowest BCUT2D eigenvalue weighted by Crippen LogP contribution is -2.32. The van der Waals surface area contributed by atoms with E-state index in [4.69, 9.17) is 21.4 Å². The third-order valence-corrected chi connectivity index (χ3v) is 3.95. The molecule has 1 unspecified atom stereocenters. The molecule has 3 N–H and O–H groups in total. The van der Waals surface area contributed by atoms with Crippen LogP contribution < -0.4 is 10.1 Å². The Morgan fingerprint density at radius 3 is 2.58 bits per heavy atom. The van der Waals surface area contributed by atoms with Crippen LogP contribution in [0.15, 0.2) is 48.5 Å². The maximum absolute atomic E-state index is 10.2. The first kappa shape index (κ1) is 18.7. The fourth-order valence-electron chi connectivity index (χ4n) is 2.46. The average Bonchev–Trinajstić information content (AvgIpc) is 2.59.